The molecule has 2 N–H and O–H groups in total. The number of hydrogen-bond donors (Lipinski definition) is 2. The summed E-state index contributed by atoms with van der Waals surface area (Å²) in [4.78, 5) is 5.49. The maximum Gasteiger partial charge on any atom is 0.114 e. The first kappa shape index (κ1) is 13.4. The number of hydrogen-bond acceptors (Lipinski definition) is 2. The van der Waals surface area contributed by atoms with Crippen LogP contribution in [0.1, 0.15) is 42.2 Å². The molecular formula is C17H19NOS. The van der Waals surface area contributed by atoms with Crippen LogP contribution in [0.4, 0.5) is 0 Å². The topological polar surface area (TPSA) is 36.0 Å². The van der Waals surface area contributed by atoms with Crippen molar-refractivity contribution in [2.24, 2.45) is 0 Å². The summed E-state index contributed by atoms with van der Waals surface area (Å²) in [6.07, 6.45) is 1.35. The summed E-state index contributed by atoms with van der Waals surface area (Å²) in [7, 11) is 0. The first-order valence-corrected chi connectivity index (χ1v) is 7.63. The molecule has 104 valence electrons. The lowest BCUT2D eigenvalue weighted by atomic mass is 9.95. The molecular weight excluding hydrogens is 266 g/mol. The van der Waals surface area contributed by atoms with Gasteiger partial charge in [-0.2, -0.15) is 0 Å². The van der Waals surface area contributed by atoms with Gasteiger partial charge in [-0.25, -0.2) is 0 Å². The number of rotatable bonds is 2. The second kappa shape index (κ2) is 4.76. The number of fused-ring (bicyclic) bond motifs is 1. The smallest absolute Gasteiger partial charge is 0.114 e. The summed E-state index contributed by atoms with van der Waals surface area (Å²) < 4.78 is 0. The summed E-state index contributed by atoms with van der Waals surface area (Å²) in [5.74, 6) is 0. The van der Waals surface area contributed by atoms with E-state index >= 15 is 0 Å². The maximum absolute atomic E-state index is 10.7. The molecule has 3 rings (SSSR count). The Morgan fingerprint density at radius 1 is 1.10 bits per heavy atom. The highest BCUT2D eigenvalue weighted by molar-refractivity contribution is 7.12. The van der Waals surface area contributed by atoms with Crippen LogP contribution in [-0.2, 0) is 5.41 Å². The van der Waals surface area contributed by atoms with Gasteiger partial charge in [-0.3, -0.25) is 0 Å². The highest BCUT2D eigenvalue weighted by Gasteiger charge is 2.20. The summed E-state index contributed by atoms with van der Waals surface area (Å²) in [5.41, 5.74) is 2.16. The minimum absolute atomic E-state index is 0.128. The highest BCUT2D eigenvalue weighted by Crippen LogP contribution is 2.36. The molecule has 0 bridgehead atoms. The number of aromatic nitrogens is 1. The molecule has 0 amide bonds. The van der Waals surface area contributed by atoms with Crippen LogP contribution in [0, 0.1) is 0 Å². The van der Waals surface area contributed by atoms with Gasteiger partial charge >= 0.3 is 0 Å². The second-order valence-corrected chi connectivity index (χ2v) is 7.26. The van der Waals surface area contributed by atoms with Crippen molar-refractivity contribution >= 4 is 22.2 Å². The van der Waals surface area contributed by atoms with Gasteiger partial charge in [0.1, 0.15) is 6.10 Å². The minimum atomic E-state index is -0.560. The van der Waals surface area contributed by atoms with Gasteiger partial charge in [0.05, 0.1) is 0 Å². The van der Waals surface area contributed by atoms with Crippen molar-refractivity contribution in [1.82, 2.24) is 4.98 Å². The number of benzene rings is 1. The first-order chi connectivity index (χ1) is 9.47. The lowest BCUT2D eigenvalue weighted by molar-refractivity contribution is 0.226. The summed E-state index contributed by atoms with van der Waals surface area (Å²) >= 11 is 1.69. The van der Waals surface area contributed by atoms with Crippen molar-refractivity contribution in [1.29, 1.82) is 0 Å². The number of aromatic amines is 1. The molecule has 1 unspecified atom stereocenters. The van der Waals surface area contributed by atoms with E-state index in [4.69, 9.17) is 0 Å². The second-order valence-electron chi connectivity index (χ2n) is 6.14. The zero-order chi connectivity index (χ0) is 14.3. The third-order valence-corrected chi connectivity index (χ3v) is 5.12. The monoisotopic (exact) mass is 285 g/mol. The van der Waals surface area contributed by atoms with Gasteiger partial charge in [-0.05, 0) is 35.2 Å². The van der Waals surface area contributed by atoms with E-state index in [2.05, 4.69) is 31.8 Å². The van der Waals surface area contributed by atoms with Crippen LogP contribution in [-0.4, -0.2) is 10.1 Å². The van der Waals surface area contributed by atoms with E-state index in [0.717, 1.165) is 21.3 Å². The van der Waals surface area contributed by atoms with E-state index in [-0.39, 0.29) is 5.41 Å². The number of thiophene rings is 1. The largest absolute Gasteiger partial charge is 0.383 e. The van der Waals surface area contributed by atoms with Crippen LogP contribution >= 0.6 is 11.3 Å². The van der Waals surface area contributed by atoms with Gasteiger partial charge in [0.2, 0.25) is 0 Å². The van der Waals surface area contributed by atoms with E-state index in [9.17, 15) is 5.11 Å². The molecule has 1 atom stereocenters. The fourth-order valence-corrected chi connectivity index (χ4v) is 3.48. The number of nitrogens with one attached hydrogen (secondary N) is 1. The van der Waals surface area contributed by atoms with Crippen molar-refractivity contribution in [3.05, 3.63) is 57.9 Å². The van der Waals surface area contributed by atoms with E-state index < -0.39 is 6.10 Å². The Morgan fingerprint density at radius 2 is 1.90 bits per heavy atom. The van der Waals surface area contributed by atoms with Crippen LogP contribution < -0.4 is 0 Å². The highest BCUT2D eigenvalue weighted by atomic mass is 32.1. The molecule has 0 aliphatic heterocycles. The molecule has 2 aromatic heterocycles. The molecule has 1 aromatic carbocycles. The summed E-state index contributed by atoms with van der Waals surface area (Å²) in [6, 6.07) is 12.2. The Hall–Kier alpha value is -1.58. The maximum atomic E-state index is 10.7. The Kier molecular flexibility index (Phi) is 3.19. The van der Waals surface area contributed by atoms with Crippen molar-refractivity contribution < 1.29 is 5.11 Å². The molecule has 3 aromatic rings. The van der Waals surface area contributed by atoms with E-state index in [1.165, 1.54) is 4.88 Å². The van der Waals surface area contributed by atoms with Crippen molar-refractivity contribution in [3.8, 4) is 0 Å². The van der Waals surface area contributed by atoms with Crippen LogP contribution in [0.25, 0.3) is 10.9 Å². The average molecular weight is 285 g/mol. The lowest BCUT2D eigenvalue weighted by Gasteiger charge is -2.16. The van der Waals surface area contributed by atoms with E-state index in [1.807, 2.05) is 36.5 Å². The SMILES string of the molecule is CC(C)(C)c1ccc(C(O)c2cccc3[nH]ccc23)s1. The Balaban J connectivity index is 2.02. The molecule has 0 radical (unpaired) electrons. The predicted octanol–water partition coefficient (Wildman–Crippen LogP) is 4.61. The summed E-state index contributed by atoms with van der Waals surface area (Å²) in [5, 5.41) is 11.8. The number of aliphatic hydroxyl groups is 1. The first-order valence-electron chi connectivity index (χ1n) is 6.81. The Labute approximate surface area is 123 Å². The zero-order valence-corrected chi connectivity index (χ0v) is 12.8. The molecule has 3 heteroatoms. The fourth-order valence-electron chi connectivity index (χ4n) is 2.40. The molecule has 0 aliphatic carbocycles. The Morgan fingerprint density at radius 3 is 2.60 bits per heavy atom. The molecule has 0 saturated heterocycles. The van der Waals surface area contributed by atoms with Crippen molar-refractivity contribution in [3.63, 3.8) is 0 Å². The van der Waals surface area contributed by atoms with Crippen LogP contribution in [0.3, 0.4) is 0 Å². The molecule has 2 heterocycles. The lowest BCUT2D eigenvalue weighted by Crippen LogP contribution is -2.07. The quantitative estimate of drug-likeness (QED) is 0.708. The van der Waals surface area contributed by atoms with E-state index in [0.29, 0.717) is 0 Å². The molecule has 2 nitrogen and oxygen atoms in total. The van der Waals surface area contributed by atoms with Crippen molar-refractivity contribution in [2.75, 3.05) is 0 Å². The van der Waals surface area contributed by atoms with Gasteiger partial charge in [0.15, 0.2) is 0 Å². The van der Waals surface area contributed by atoms with Crippen LogP contribution in [0.15, 0.2) is 42.6 Å². The Bertz CT molecular complexity index is 733. The van der Waals surface area contributed by atoms with E-state index in [1.54, 1.807) is 11.3 Å². The standard InChI is InChI=1S/C17H19NOS/c1-17(2,3)15-8-7-14(20-15)16(19)12-5-4-6-13-11(12)9-10-18-13/h4-10,16,18-19H,1-3H3. The predicted molar refractivity (Wildman–Crippen MR) is 85.4 cm³/mol. The van der Waals surface area contributed by atoms with Crippen molar-refractivity contribution in [2.45, 2.75) is 32.3 Å². The molecule has 0 aliphatic rings. The molecule has 0 spiro atoms. The third-order valence-electron chi connectivity index (χ3n) is 3.56. The normalized spacial score (nSPS) is 13.8. The zero-order valence-electron chi connectivity index (χ0n) is 12.0. The van der Waals surface area contributed by atoms with Gasteiger partial charge < -0.3 is 10.1 Å². The van der Waals surface area contributed by atoms with Gasteiger partial charge in [0, 0.05) is 26.9 Å². The molecule has 20 heavy (non-hydrogen) atoms. The number of aliphatic hydroxyl groups excluding tert-OH is 1. The molecule has 0 saturated carbocycles. The van der Waals surface area contributed by atoms with Crippen LogP contribution in [0.2, 0.25) is 0 Å². The van der Waals surface area contributed by atoms with Crippen LogP contribution in [0.5, 0.6) is 0 Å². The van der Waals surface area contributed by atoms with Gasteiger partial charge in [-0.15, -0.1) is 11.3 Å². The number of H-pyrrole nitrogens is 1. The van der Waals surface area contributed by atoms with Gasteiger partial charge in [0.25, 0.3) is 0 Å². The summed E-state index contributed by atoms with van der Waals surface area (Å²) in [6.45, 7) is 6.59. The third kappa shape index (κ3) is 2.28. The minimum Gasteiger partial charge on any atom is -0.383 e. The average Bonchev–Trinajstić information content (AvgIpc) is 3.05. The molecule has 0 fully saturated rings. The van der Waals surface area contributed by atoms with Gasteiger partial charge in [-0.1, -0.05) is 32.9 Å². The fraction of sp³-hybridized carbons (Fsp3) is 0.294.